The number of nitrogens with one attached hydrogen (secondary N) is 3. The molecule has 3 aromatic rings. The number of amides is 1. The predicted molar refractivity (Wildman–Crippen MR) is 130 cm³/mol. The zero-order valence-electron chi connectivity index (χ0n) is 20.6. The van der Waals surface area contributed by atoms with E-state index in [-0.39, 0.29) is 12.5 Å². The van der Waals surface area contributed by atoms with Gasteiger partial charge in [-0.3, -0.25) is 4.79 Å². The standard InChI is InChI=1S/C25H33N5O4/c1-7-18-21(23(31)28-15-20-26-12-13-30(20)5)19(29-22(18)24(32)34-25(2,3)4)14-27-16-8-10-17(33-6)11-9-16/h8-13,27,29H,7,14-15H2,1-6H3,(H,28,31). The monoisotopic (exact) mass is 467 g/mol. The number of nitrogens with zero attached hydrogens (tertiary/aromatic N) is 2. The van der Waals surface area contributed by atoms with Gasteiger partial charge >= 0.3 is 5.97 Å². The summed E-state index contributed by atoms with van der Waals surface area (Å²) < 4.78 is 12.6. The van der Waals surface area contributed by atoms with Crippen LogP contribution in [0.4, 0.5) is 5.69 Å². The minimum atomic E-state index is -0.657. The largest absolute Gasteiger partial charge is 0.497 e. The summed E-state index contributed by atoms with van der Waals surface area (Å²) in [6.45, 7) is 7.93. The van der Waals surface area contributed by atoms with Crippen molar-refractivity contribution in [3.63, 3.8) is 0 Å². The Morgan fingerprint density at radius 1 is 1.15 bits per heavy atom. The van der Waals surface area contributed by atoms with Crippen molar-refractivity contribution in [3.8, 4) is 5.75 Å². The first-order chi connectivity index (χ1) is 16.1. The van der Waals surface area contributed by atoms with Crippen LogP contribution < -0.4 is 15.4 Å². The Hall–Kier alpha value is -3.75. The minimum Gasteiger partial charge on any atom is -0.497 e. The van der Waals surface area contributed by atoms with Crippen molar-refractivity contribution in [2.24, 2.45) is 7.05 Å². The van der Waals surface area contributed by atoms with E-state index >= 15 is 0 Å². The number of anilines is 1. The molecule has 0 aliphatic rings. The Morgan fingerprint density at radius 3 is 2.41 bits per heavy atom. The summed E-state index contributed by atoms with van der Waals surface area (Å²) in [6, 6.07) is 7.47. The van der Waals surface area contributed by atoms with Crippen molar-refractivity contribution in [1.29, 1.82) is 0 Å². The SMILES string of the molecule is CCc1c(C(=O)OC(C)(C)C)[nH]c(CNc2ccc(OC)cc2)c1C(=O)NCc1nccn1C. The summed E-state index contributed by atoms with van der Waals surface area (Å²) in [4.78, 5) is 33.6. The van der Waals surface area contributed by atoms with Crippen LogP contribution >= 0.6 is 0 Å². The summed E-state index contributed by atoms with van der Waals surface area (Å²) in [5, 5.41) is 6.24. The smallest absolute Gasteiger partial charge is 0.355 e. The van der Waals surface area contributed by atoms with Gasteiger partial charge in [-0.2, -0.15) is 0 Å². The number of aryl methyl sites for hydroxylation is 1. The van der Waals surface area contributed by atoms with E-state index in [2.05, 4.69) is 20.6 Å². The number of hydrogen-bond donors (Lipinski definition) is 3. The predicted octanol–water partition coefficient (Wildman–Crippen LogP) is 3.82. The van der Waals surface area contributed by atoms with Crippen LogP contribution in [-0.4, -0.2) is 39.1 Å². The fraction of sp³-hybridized carbons (Fsp3) is 0.400. The highest BCUT2D eigenvalue weighted by atomic mass is 16.6. The maximum absolute atomic E-state index is 13.3. The zero-order valence-corrected chi connectivity index (χ0v) is 20.6. The molecular weight excluding hydrogens is 434 g/mol. The van der Waals surface area contributed by atoms with Gasteiger partial charge in [0, 0.05) is 30.8 Å². The second-order valence-corrected chi connectivity index (χ2v) is 8.91. The Balaban J connectivity index is 1.91. The van der Waals surface area contributed by atoms with Crippen LogP contribution in [0, 0.1) is 0 Å². The quantitative estimate of drug-likeness (QED) is 0.413. The molecule has 0 unspecified atom stereocenters. The van der Waals surface area contributed by atoms with Crippen molar-refractivity contribution in [2.45, 2.75) is 52.8 Å². The molecule has 3 N–H and O–H groups in total. The lowest BCUT2D eigenvalue weighted by atomic mass is 10.0. The fourth-order valence-electron chi connectivity index (χ4n) is 3.57. The summed E-state index contributed by atoms with van der Waals surface area (Å²) in [5.41, 5.74) is 2.16. The Kier molecular flexibility index (Phi) is 7.65. The lowest BCUT2D eigenvalue weighted by Gasteiger charge is -2.19. The third kappa shape index (κ3) is 5.98. The highest BCUT2D eigenvalue weighted by Gasteiger charge is 2.28. The van der Waals surface area contributed by atoms with E-state index in [0.717, 1.165) is 17.3 Å². The molecule has 1 aromatic carbocycles. The van der Waals surface area contributed by atoms with Crippen molar-refractivity contribution in [3.05, 3.63) is 65.0 Å². The van der Waals surface area contributed by atoms with Gasteiger partial charge < -0.3 is 29.7 Å². The van der Waals surface area contributed by atoms with E-state index in [1.807, 2.05) is 69.8 Å². The van der Waals surface area contributed by atoms with E-state index in [9.17, 15) is 9.59 Å². The highest BCUT2D eigenvalue weighted by molar-refractivity contribution is 6.01. The van der Waals surface area contributed by atoms with Crippen LogP contribution in [0.3, 0.4) is 0 Å². The molecule has 2 aromatic heterocycles. The van der Waals surface area contributed by atoms with Gasteiger partial charge in [-0.25, -0.2) is 9.78 Å². The Labute approximate surface area is 199 Å². The van der Waals surface area contributed by atoms with Crippen molar-refractivity contribution in [1.82, 2.24) is 19.9 Å². The van der Waals surface area contributed by atoms with E-state index < -0.39 is 11.6 Å². The van der Waals surface area contributed by atoms with Gasteiger partial charge in [-0.05, 0) is 57.0 Å². The Morgan fingerprint density at radius 2 is 1.85 bits per heavy atom. The van der Waals surface area contributed by atoms with Gasteiger partial charge in [0.2, 0.25) is 0 Å². The first-order valence-corrected chi connectivity index (χ1v) is 11.2. The number of carbonyl (C=O) groups is 2. The molecule has 2 heterocycles. The molecule has 1 amide bonds. The number of carbonyl (C=O) groups excluding carboxylic acids is 2. The van der Waals surface area contributed by atoms with E-state index in [1.165, 1.54) is 0 Å². The van der Waals surface area contributed by atoms with Crippen molar-refractivity contribution in [2.75, 3.05) is 12.4 Å². The lowest BCUT2D eigenvalue weighted by molar-refractivity contribution is 0.00622. The molecule has 0 saturated carbocycles. The number of aromatic amines is 1. The van der Waals surface area contributed by atoms with Crippen LogP contribution in [0.15, 0.2) is 36.7 Å². The fourth-order valence-corrected chi connectivity index (χ4v) is 3.57. The van der Waals surface area contributed by atoms with E-state index in [4.69, 9.17) is 9.47 Å². The van der Waals surface area contributed by atoms with Crippen LogP contribution in [0.2, 0.25) is 0 Å². The average molecular weight is 468 g/mol. The topological polar surface area (TPSA) is 110 Å². The zero-order chi connectivity index (χ0) is 24.9. The third-order valence-electron chi connectivity index (χ3n) is 5.25. The summed E-state index contributed by atoms with van der Waals surface area (Å²) in [7, 11) is 3.48. The molecule has 34 heavy (non-hydrogen) atoms. The maximum atomic E-state index is 13.3. The van der Waals surface area contributed by atoms with E-state index in [0.29, 0.717) is 35.5 Å². The normalized spacial score (nSPS) is 11.2. The van der Waals surface area contributed by atoms with Crippen LogP contribution in [0.25, 0.3) is 0 Å². The molecule has 182 valence electrons. The summed E-state index contributed by atoms with van der Waals surface area (Å²) in [5.74, 6) is 0.711. The molecule has 0 atom stereocenters. The maximum Gasteiger partial charge on any atom is 0.355 e. The summed E-state index contributed by atoms with van der Waals surface area (Å²) in [6.07, 6.45) is 3.99. The molecule has 9 heteroatoms. The van der Waals surface area contributed by atoms with Crippen molar-refractivity contribution < 1.29 is 19.1 Å². The minimum absolute atomic E-state index is 0.268. The number of rotatable bonds is 9. The molecule has 0 radical (unpaired) electrons. The first kappa shape index (κ1) is 24.9. The van der Waals surface area contributed by atoms with Crippen LogP contribution in [-0.2, 0) is 31.3 Å². The number of H-pyrrole nitrogens is 1. The van der Waals surface area contributed by atoms with Gasteiger partial charge in [-0.15, -0.1) is 0 Å². The number of ether oxygens (including phenoxy) is 2. The van der Waals surface area contributed by atoms with Crippen LogP contribution in [0.1, 0.15) is 65.6 Å². The lowest BCUT2D eigenvalue weighted by Crippen LogP contribution is -2.27. The van der Waals surface area contributed by atoms with Gasteiger partial charge in [0.1, 0.15) is 22.9 Å². The van der Waals surface area contributed by atoms with Gasteiger partial charge in [0.05, 0.1) is 25.8 Å². The number of aromatic nitrogens is 3. The van der Waals surface area contributed by atoms with Gasteiger partial charge in [0.15, 0.2) is 0 Å². The van der Waals surface area contributed by atoms with E-state index in [1.54, 1.807) is 13.3 Å². The molecule has 0 bridgehead atoms. The highest BCUT2D eigenvalue weighted by Crippen LogP contribution is 2.24. The number of imidazole rings is 1. The second-order valence-electron chi connectivity index (χ2n) is 8.91. The molecule has 0 fully saturated rings. The number of benzene rings is 1. The first-order valence-electron chi connectivity index (χ1n) is 11.2. The van der Waals surface area contributed by atoms with Crippen molar-refractivity contribution >= 4 is 17.6 Å². The molecule has 9 nitrogen and oxygen atoms in total. The van der Waals surface area contributed by atoms with Crippen LogP contribution in [0.5, 0.6) is 5.75 Å². The molecule has 0 spiro atoms. The third-order valence-corrected chi connectivity index (χ3v) is 5.25. The summed E-state index contributed by atoms with van der Waals surface area (Å²) >= 11 is 0. The number of esters is 1. The Bertz CT molecular complexity index is 1140. The molecule has 0 aliphatic heterocycles. The van der Waals surface area contributed by atoms with Gasteiger partial charge in [0.25, 0.3) is 5.91 Å². The molecular formula is C25H33N5O4. The number of hydrogen-bond acceptors (Lipinski definition) is 6. The number of methoxy groups -OCH3 is 1. The molecule has 0 saturated heterocycles. The average Bonchev–Trinajstić information content (AvgIpc) is 3.38. The molecule has 0 aliphatic carbocycles. The van der Waals surface area contributed by atoms with Gasteiger partial charge in [-0.1, -0.05) is 6.92 Å². The second kappa shape index (κ2) is 10.5. The molecule has 3 rings (SSSR count).